The highest BCUT2D eigenvalue weighted by Crippen LogP contribution is 2.32. The highest BCUT2D eigenvalue weighted by molar-refractivity contribution is 7.80. The van der Waals surface area contributed by atoms with E-state index in [-0.39, 0.29) is 16.4 Å². The lowest BCUT2D eigenvalue weighted by Crippen LogP contribution is -2.34. The Bertz CT molecular complexity index is 1470. The number of thiocarbonyl (C=S) groups is 1. The molecule has 9 nitrogen and oxygen atoms in total. The summed E-state index contributed by atoms with van der Waals surface area (Å²) in [7, 11) is 0. The molecule has 0 aliphatic carbocycles. The van der Waals surface area contributed by atoms with Crippen molar-refractivity contribution < 1.29 is 14.1 Å². The van der Waals surface area contributed by atoms with Gasteiger partial charge in [-0.25, -0.2) is 4.98 Å². The van der Waals surface area contributed by atoms with Gasteiger partial charge in [-0.2, -0.15) is 0 Å². The second-order valence-corrected chi connectivity index (χ2v) is 9.06. The minimum atomic E-state index is -0.574. The Hall–Kier alpha value is -4.02. The molecule has 1 aliphatic heterocycles. The fourth-order valence-electron chi connectivity index (χ4n) is 4.11. The molecule has 2 N–H and O–H groups in total. The molecule has 0 spiro atoms. The summed E-state index contributed by atoms with van der Waals surface area (Å²) in [5.74, 6) is -0.161. The Morgan fingerprint density at radius 2 is 1.89 bits per heavy atom. The summed E-state index contributed by atoms with van der Waals surface area (Å²) >= 11 is 11.6. The van der Waals surface area contributed by atoms with Crippen LogP contribution in [0, 0.1) is 10.1 Å². The number of para-hydroxylation sites is 2. The van der Waals surface area contributed by atoms with Gasteiger partial charge in [0.25, 0.3) is 11.6 Å². The monoisotopic (exact) mass is 521 g/mol. The molecule has 0 radical (unpaired) electrons. The standard InChI is InChI=1S/C25H20ClN5O4S/c26-17-9-7-16(24-27-18-5-1-2-6-22(18)35-24)13-19(17)28-25(36)29-23(32)15-8-10-20(21(14-15)31(33)34)30-11-3-4-12-30/h1-2,5-10,13-14H,3-4,11-12H2,(H2,28,29,32,36). The topological polar surface area (TPSA) is 114 Å². The van der Waals surface area contributed by atoms with Crippen molar-refractivity contribution in [1.82, 2.24) is 10.3 Å². The van der Waals surface area contributed by atoms with Crippen molar-refractivity contribution in [3.8, 4) is 11.5 Å². The largest absolute Gasteiger partial charge is 0.436 e. The number of oxazole rings is 1. The lowest BCUT2D eigenvalue weighted by molar-refractivity contribution is -0.384. The number of hydrogen-bond donors (Lipinski definition) is 2. The van der Waals surface area contributed by atoms with Gasteiger partial charge in [0.2, 0.25) is 5.89 Å². The summed E-state index contributed by atoms with van der Waals surface area (Å²) in [4.78, 5) is 30.4. The number of amides is 1. The van der Waals surface area contributed by atoms with Crippen molar-refractivity contribution in [3.63, 3.8) is 0 Å². The van der Waals surface area contributed by atoms with Crippen molar-refractivity contribution in [2.45, 2.75) is 12.8 Å². The van der Waals surface area contributed by atoms with E-state index in [4.69, 9.17) is 28.2 Å². The highest BCUT2D eigenvalue weighted by atomic mass is 35.5. The molecule has 1 amide bonds. The number of nitro groups is 1. The first kappa shape index (κ1) is 23.7. The maximum atomic E-state index is 12.8. The Kier molecular flexibility index (Phi) is 6.53. The number of anilines is 2. The third kappa shape index (κ3) is 4.86. The van der Waals surface area contributed by atoms with Crippen LogP contribution in [0.15, 0.2) is 65.1 Å². The molecule has 5 rings (SSSR count). The maximum Gasteiger partial charge on any atom is 0.293 e. The van der Waals surface area contributed by atoms with Gasteiger partial charge in [0.15, 0.2) is 10.7 Å². The van der Waals surface area contributed by atoms with Crippen molar-refractivity contribution >= 4 is 63.0 Å². The molecule has 1 fully saturated rings. The molecule has 1 saturated heterocycles. The number of nitrogens with zero attached hydrogens (tertiary/aromatic N) is 3. The molecule has 11 heteroatoms. The number of rotatable bonds is 5. The van der Waals surface area contributed by atoms with E-state index in [0.717, 1.165) is 31.4 Å². The van der Waals surface area contributed by atoms with Crippen molar-refractivity contribution in [1.29, 1.82) is 0 Å². The molecular formula is C25H20ClN5O4S. The van der Waals surface area contributed by atoms with E-state index in [1.54, 1.807) is 30.3 Å². The summed E-state index contributed by atoms with van der Waals surface area (Å²) in [6.07, 6.45) is 1.96. The molecule has 2 heterocycles. The van der Waals surface area contributed by atoms with Crippen LogP contribution in [0.4, 0.5) is 17.1 Å². The molecule has 0 atom stereocenters. The van der Waals surface area contributed by atoms with E-state index in [9.17, 15) is 14.9 Å². The molecule has 1 aromatic heterocycles. The van der Waals surface area contributed by atoms with Gasteiger partial charge in [0, 0.05) is 30.3 Å². The van der Waals surface area contributed by atoms with Crippen LogP contribution < -0.4 is 15.5 Å². The predicted molar refractivity (Wildman–Crippen MR) is 143 cm³/mol. The lowest BCUT2D eigenvalue weighted by Gasteiger charge is -2.18. The highest BCUT2D eigenvalue weighted by Gasteiger charge is 2.24. The van der Waals surface area contributed by atoms with Crippen LogP contribution in [-0.4, -0.2) is 34.0 Å². The summed E-state index contributed by atoms with van der Waals surface area (Å²) < 4.78 is 5.81. The fraction of sp³-hybridized carbons (Fsp3) is 0.160. The Morgan fingerprint density at radius 3 is 2.64 bits per heavy atom. The zero-order valence-corrected chi connectivity index (χ0v) is 20.4. The summed E-state index contributed by atoms with van der Waals surface area (Å²) in [5, 5.41) is 17.5. The summed E-state index contributed by atoms with van der Waals surface area (Å²) in [5.41, 5.74) is 3.02. The predicted octanol–water partition coefficient (Wildman–Crippen LogP) is 5.78. The van der Waals surface area contributed by atoms with Crippen LogP contribution in [0.1, 0.15) is 23.2 Å². The zero-order chi connectivity index (χ0) is 25.2. The first-order chi connectivity index (χ1) is 17.4. The summed E-state index contributed by atoms with van der Waals surface area (Å²) in [6, 6.07) is 17.0. The fourth-order valence-corrected chi connectivity index (χ4v) is 4.48. The second-order valence-electron chi connectivity index (χ2n) is 8.24. The average Bonchev–Trinajstić information content (AvgIpc) is 3.55. The molecule has 0 saturated carbocycles. The summed E-state index contributed by atoms with van der Waals surface area (Å²) in [6.45, 7) is 1.51. The van der Waals surface area contributed by atoms with Crippen LogP contribution >= 0.6 is 23.8 Å². The number of carbonyl (C=O) groups excluding carboxylic acids is 1. The van der Waals surface area contributed by atoms with E-state index in [2.05, 4.69) is 15.6 Å². The number of benzene rings is 3. The molecule has 1 aliphatic rings. The molecule has 4 aromatic rings. The third-order valence-electron chi connectivity index (χ3n) is 5.86. The minimum absolute atomic E-state index is 0.0112. The van der Waals surface area contributed by atoms with E-state index in [0.29, 0.717) is 33.4 Å². The number of aromatic nitrogens is 1. The Balaban J connectivity index is 1.32. The molecule has 36 heavy (non-hydrogen) atoms. The van der Waals surface area contributed by atoms with Crippen LogP contribution in [0.25, 0.3) is 22.6 Å². The van der Waals surface area contributed by atoms with Gasteiger partial charge in [-0.15, -0.1) is 0 Å². The van der Waals surface area contributed by atoms with Gasteiger partial charge in [0.05, 0.1) is 15.6 Å². The lowest BCUT2D eigenvalue weighted by atomic mass is 10.1. The van der Waals surface area contributed by atoms with E-state index in [1.807, 2.05) is 29.2 Å². The van der Waals surface area contributed by atoms with Gasteiger partial charge >= 0.3 is 0 Å². The first-order valence-electron chi connectivity index (χ1n) is 11.2. The van der Waals surface area contributed by atoms with Gasteiger partial charge < -0.3 is 14.6 Å². The van der Waals surface area contributed by atoms with Crippen LogP contribution in [0.2, 0.25) is 5.02 Å². The Labute approximate surface area is 216 Å². The van der Waals surface area contributed by atoms with Crippen LogP contribution in [-0.2, 0) is 0 Å². The quantitative estimate of drug-likeness (QED) is 0.193. The van der Waals surface area contributed by atoms with E-state index >= 15 is 0 Å². The van der Waals surface area contributed by atoms with Gasteiger partial charge in [-0.05, 0) is 67.5 Å². The average molecular weight is 522 g/mol. The van der Waals surface area contributed by atoms with Gasteiger partial charge in [-0.3, -0.25) is 20.2 Å². The number of nitrogens with one attached hydrogen (secondary N) is 2. The number of halogens is 1. The SMILES string of the molecule is O=C(NC(=S)Nc1cc(-c2nc3ccccc3o2)ccc1Cl)c1ccc(N2CCCC2)c([N+](=O)[O-])c1. The van der Waals surface area contributed by atoms with Crippen LogP contribution in [0.5, 0.6) is 0 Å². The number of hydrogen-bond acceptors (Lipinski definition) is 7. The van der Waals surface area contributed by atoms with Crippen molar-refractivity contribution in [2.24, 2.45) is 0 Å². The first-order valence-corrected chi connectivity index (χ1v) is 12.0. The number of fused-ring (bicyclic) bond motifs is 1. The van der Waals surface area contributed by atoms with Gasteiger partial charge in [0.1, 0.15) is 11.2 Å². The molecule has 182 valence electrons. The van der Waals surface area contributed by atoms with E-state index in [1.165, 1.54) is 6.07 Å². The number of nitro benzene ring substituents is 1. The van der Waals surface area contributed by atoms with E-state index < -0.39 is 10.8 Å². The van der Waals surface area contributed by atoms with Crippen molar-refractivity contribution in [3.05, 3.63) is 81.4 Å². The van der Waals surface area contributed by atoms with Crippen molar-refractivity contribution in [2.75, 3.05) is 23.3 Å². The third-order valence-corrected chi connectivity index (χ3v) is 6.40. The molecule has 3 aromatic carbocycles. The Morgan fingerprint density at radius 1 is 1.11 bits per heavy atom. The molecule has 0 unspecified atom stereocenters. The molecule has 0 bridgehead atoms. The maximum absolute atomic E-state index is 12.8. The number of carbonyl (C=O) groups is 1. The zero-order valence-electron chi connectivity index (χ0n) is 18.9. The van der Waals surface area contributed by atoms with Gasteiger partial charge in [-0.1, -0.05) is 23.7 Å². The molecular weight excluding hydrogens is 502 g/mol. The smallest absolute Gasteiger partial charge is 0.293 e. The van der Waals surface area contributed by atoms with Crippen LogP contribution in [0.3, 0.4) is 0 Å². The minimum Gasteiger partial charge on any atom is -0.436 e. The second kappa shape index (κ2) is 9.92. The normalized spacial score (nSPS) is 13.1.